The summed E-state index contributed by atoms with van der Waals surface area (Å²) in [7, 11) is 1.22. The van der Waals surface area contributed by atoms with Crippen LogP contribution in [0, 0.1) is 0 Å². The predicted octanol–water partition coefficient (Wildman–Crippen LogP) is 5.71. The largest absolute Gasteiger partial charge is 0.467 e. The van der Waals surface area contributed by atoms with Crippen LogP contribution in [0.5, 0.6) is 0 Å². The molecule has 1 fully saturated rings. The van der Waals surface area contributed by atoms with Gasteiger partial charge in [0.15, 0.2) is 18.3 Å². The topological polar surface area (TPSA) is 97.4 Å². The van der Waals surface area contributed by atoms with Crippen molar-refractivity contribution in [2.24, 2.45) is 0 Å². The van der Waals surface area contributed by atoms with Gasteiger partial charge in [0.2, 0.25) is 0 Å². The maximum atomic E-state index is 13.4. The SMILES string of the molecule is COC(=O)[C@@H]1O[C@H](Sc2ccccc2)[C@H](OC(=O)c2ccccc2)[C@@H](OCc2ccccc2)[C@@H]1OC(=O)c1ccccc1. The highest BCUT2D eigenvalue weighted by Crippen LogP contribution is 2.38. The van der Waals surface area contributed by atoms with Gasteiger partial charge in [-0.1, -0.05) is 96.7 Å². The van der Waals surface area contributed by atoms with E-state index in [1.807, 2.05) is 60.7 Å². The molecule has 4 aromatic carbocycles. The van der Waals surface area contributed by atoms with E-state index in [-0.39, 0.29) is 12.2 Å². The van der Waals surface area contributed by atoms with Crippen molar-refractivity contribution in [2.45, 2.75) is 41.4 Å². The third-order valence-corrected chi connectivity index (χ3v) is 7.87. The Kier molecular flexibility index (Phi) is 10.2. The number of ether oxygens (including phenoxy) is 5. The van der Waals surface area contributed by atoms with Gasteiger partial charge in [-0.2, -0.15) is 0 Å². The Bertz CT molecular complexity index is 1480. The van der Waals surface area contributed by atoms with Gasteiger partial charge >= 0.3 is 17.9 Å². The molecule has 0 amide bonds. The summed E-state index contributed by atoms with van der Waals surface area (Å²) in [5.74, 6) is -2.07. The van der Waals surface area contributed by atoms with Crippen molar-refractivity contribution < 1.29 is 38.1 Å². The first-order valence-electron chi connectivity index (χ1n) is 13.7. The van der Waals surface area contributed by atoms with Crippen LogP contribution >= 0.6 is 11.8 Å². The summed E-state index contributed by atoms with van der Waals surface area (Å²) >= 11 is 1.26. The molecule has 0 spiro atoms. The second-order valence-electron chi connectivity index (χ2n) is 9.61. The van der Waals surface area contributed by atoms with Crippen LogP contribution in [0.4, 0.5) is 0 Å². The molecule has 220 valence electrons. The molecule has 0 aliphatic carbocycles. The van der Waals surface area contributed by atoms with E-state index in [0.29, 0.717) is 5.56 Å². The van der Waals surface area contributed by atoms with Gasteiger partial charge in [-0.3, -0.25) is 0 Å². The molecule has 9 heteroatoms. The molecular formula is C34H30O8S. The normalized spacial score (nSPS) is 21.4. The first-order valence-corrected chi connectivity index (χ1v) is 14.5. The molecule has 1 saturated heterocycles. The number of methoxy groups -OCH3 is 1. The third kappa shape index (κ3) is 7.70. The Balaban J connectivity index is 1.55. The summed E-state index contributed by atoms with van der Waals surface area (Å²) in [6, 6.07) is 35.6. The van der Waals surface area contributed by atoms with Crippen LogP contribution in [0.1, 0.15) is 26.3 Å². The number of rotatable bonds is 10. The zero-order chi connectivity index (χ0) is 30.0. The minimum Gasteiger partial charge on any atom is -0.467 e. The lowest BCUT2D eigenvalue weighted by Crippen LogP contribution is -2.62. The van der Waals surface area contributed by atoms with E-state index < -0.39 is 47.8 Å². The second-order valence-corrected chi connectivity index (χ2v) is 10.8. The van der Waals surface area contributed by atoms with E-state index in [0.717, 1.165) is 10.5 Å². The monoisotopic (exact) mass is 598 g/mol. The molecule has 1 heterocycles. The second kappa shape index (κ2) is 14.6. The summed E-state index contributed by atoms with van der Waals surface area (Å²) in [5, 5.41) is 0. The van der Waals surface area contributed by atoms with Crippen molar-refractivity contribution in [2.75, 3.05) is 7.11 Å². The van der Waals surface area contributed by atoms with Gasteiger partial charge in [0, 0.05) is 4.90 Å². The minimum absolute atomic E-state index is 0.0842. The van der Waals surface area contributed by atoms with Crippen molar-refractivity contribution in [3.8, 4) is 0 Å². The molecule has 0 radical (unpaired) electrons. The van der Waals surface area contributed by atoms with Crippen molar-refractivity contribution >= 4 is 29.7 Å². The number of thioether (sulfide) groups is 1. The fourth-order valence-electron chi connectivity index (χ4n) is 4.59. The molecule has 43 heavy (non-hydrogen) atoms. The molecule has 5 atom stereocenters. The quantitative estimate of drug-likeness (QED) is 0.168. The average molecular weight is 599 g/mol. The molecule has 0 N–H and O–H groups in total. The number of hydrogen-bond acceptors (Lipinski definition) is 9. The van der Waals surface area contributed by atoms with E-state index in [9.17, 15) is 14.4 Å². The smallest absolute Gasteiger partial charge is 0.339 e. The van der Waals surface area contributed by atoms with E-state index in [4.69, 9.17) is 23.7 Å². The van der Waals surface area contributed by atoms with E-state index in [1.54, 1.807) is 60.7 Å². The van der Waals surface area contributed by atoms with Gasteiger partial charge in [0.05, 0.1) is 24.8 Å². The highest BCUT2D eigenvalue weighted by Gasteiger charge is 2.54. The van der Waals surface area contributed by atoms with E-state index in [1.165, 1.54) is 18.9 Å². The van der Waals surface area contributed by atoms with E-state index >= 15 is 0 Å². The molecule has 8 nitrogen and oxygen atoms in total. The summed E-state index contributed by atoms with van der Waals surface area (Å²) < 4.78 is 29.8. The molecule has 4 aromatic rings. The van der Waals surface area contributed by atoms with Gasteiger partial charge in [0.25, 0.3) is 0 Å². The Morgan fingerprint density at radius 2 is 1.14 bits per heavy atom. The summed E-state index contributed by atoms with van der Waals surface area (Å²) in [6.07, 6.45) is -4.90. The first kappa shape index (κ1) is 30.0. The number of benzene rings is 4. The van der Waals surface area contributed by atoms with Crippen molar-refractivity contribution in [1.82, 2.24) is 0 Å². The van der Waals surface area contributed by atoms with Gasteiger partial charge < -0.3 is 23.7 Å². The van der Waals surface area contributed by atoms with Crippen LogP contribution in [0.25, 0.3) is 0 Å². The Labute approximate surface area is 253 Å². The van der Waals surface area contributed by atoms with Gasteiger partial charge in [-0.15, -0.1) is 0 Å². The molecule has 1 aliphatic rings. The number of carbonyl (C=O) groups excluding carboxylic acids is 3. The molecule has 5 rings (SSSR count). The zero-order valence-electron chi connectivity index (χ0n) is 23.3. The fourth-order valence-corrected chi connectivity index (χ4v) is 5.69. The van der Waals surface area contributed by atoms with Crippen LogP contribution in [-0.2, 0) is 35.1 Å². The number of hydrogen-bond donors (Lipinski definition) is 0. The van der Waals surface area contributed by atoms with Crippen LogP contribution in [0.3, 0.4) is 0 Å². The Morgan fingerprint density at radius 3 is 1.67 bits per heavy atom. The van der Waals surface area contributed by atoms with Gasteiger partial charge in [-0.05, 0) is 42.0 Å². The molecule has 0 aromatic heterocycles. The lowest BCUT2D eigenvalue weighted by Gasteiger charge is -2.44. The summed E-state index contributed by atoms with van der Waals surface area (Å²) in [6.45, 7) is 0.0842. The van der Waals surface area contributed by atoms with Crippen LogP contribution < -0.4 is 0 Å². The predicted molar refractivity (Wildman–Crippen MR) is 159 cm³/mol. The molecular weight excluding hydrogens is 568 g/mol. The lowest BCUT2D eigenvalue weighted by atomic mass is 9.98. The maximum Gasteiger partial charge on any atom is 0.339 e. The fraction of sp³-hybridized carbons (Fsp3) is 0.206. The Hall–Kier alpha value is -4.44. The van der Waals surface area contributed by atoms with Crippen LogP contribution in [0.15, 0.2) is 126 Å². The maximum absolute atomic E-state index is 13.4. The minimum atomic E-state index is -1.37. The van der Waals surface area contributed by atoms with Crippen LogP contribution in [-0.4, -0.2) is 54.9 Å². The standard InChI is InChI=1S/C34H30O8S/c1-38-33(37)29-28(40-31(35)24-16-8-3-9-17-24)27(39-22-23-14-6-2-7-15-23)30(41-32(36)25-18-10-4-11-19-25)34(42-29)43-26-20-12-5-13-21-26/h2-21,27-30,34H,22H2,1H3/t27-,28-,29+,30+,34+/m0/s1. The van der Waals surface area contributed by atoms with Crippen molar-refractivity contribution in [1.29, 1.82) is 0 Å². The van der Waals surface area contributed by atoms with Gasteiger partial charge in [-0.25, -0.2) is 14.4 Å². The average Bonchev–Trinajstić information content (AvgIpc) is 3.06. The van der Waals surface area contributed by atoms with Gasteiger partial charge in [0.1, 0.15) is 11.5 Å². The van der Waals surface area contributed by atoms with Crippen molar-refractivity contribution in [3.63, 3.8) is 0 Å². The van der Waals surface area contributed by atoms with E-state index in [2.05, 4.69) is 0 Å². The number of esters is 3. The summed E-state index contributed by atoms with van der Waals surface area (Å²) in [4.78, 5) is 40.7. The lowest BCUT2D eigenvalue weighted by molar-refractivity contribution is -0.224. The third-order valence-electron chi connectivity index (χ3n) is 6.71. The molecule has 0 unspecified atom stereocenters. The summed E-state index contributed by atoms with van der Waals surface area (Å²) in [5.41, 5.74) is 0.496. The molecule has 1 aliphatic heterocycles. The number of carbonyl (C=O) groups is 3. The van der Waals surface area contributed by atoms with Crippen molar-refractivity contribution in [3.05, 3.63) is 138 Å². The first-order chi connectivity index (χ1) is 21.0. The Morgan fingerprint density at radius 1 is 0.651 bits per heavy atom. The van der Waals surface area contributed by atoms with Crippen LogP contribution in [0.2, 0.25) is 0 Å². The molecule has 0 bridgehead atoms. The zero-order valence-corrected chi connectivity index (χ0v) is 24.1. The molecule has 0 saturated carbocycles. The highest BCUT2D eigenvalue weighted by molar-refractivity contribution is 7.99. The highest BCUT2D eigenvalue weighted by atomic mass is 32.2.